The molecule has 92 valence electrons. The Hall–Kier alpha value is -1.58. The van der Waals surface area contributed by atoms with Gasteiger partial charge in [-0.15, -0.1) is 0 Å². The molecule has 0 saturated heterocycles. The van der Waals surface area contributed by atoms with Crippen LogP contribution in [-0.2, 0) is 0 Å². The Kier molecular flexibility index (Phi) is 3.61. The van der Waals surface area contributed by atoms with Gasteiger partial charge in [0.1, 0.15) is 5.82 Å². The van der Waals surface area contributed by atoms with E-state index in [4.69, 9.17) is 0 Å². The van der Waals surface area contributed by atoms with E-state index in [2.05, 4.69) is 22.5 Å². The zero-order chi connectivity index (χ0) is 12.3. The number of hydrogen-bond acceptors (Lipinski definition) is 3. The largest absolute Gasteiger partial charge is 0.373 e. The number of rotatable bonds is 4. The Morgan fingerprint density at radius 2 is 2.29 bits per heavy atom. The monoisotopic (exact) mass is 233 g/mol. The molecule has 1 unspecified atom stereocenters. The zero-order valence-electron chi connectivity index (χ0n) is 10.4. The summed E-state index contributed by atoms with van der Waals surface area (Å²) in [6.07, 6.45) is 5.41. The first-order chi connectivity index (χ1) is 8.20. The number of anilines is 1. The molecule has 0 bridgehead atoms. The average molecular weight is 233 g/mol. The molecule has 1 heterocycles. The Labute approximate surface area is 102 Å². The summed E-state index contributed by atoms with van der Waals surface area (Å²) in [6.45, 7) is 2.09. The van der Waals surface area contributed by atoms with Gasteiger partial charge in [0.15, 0.2) is 0 Å². The number of pyridine rings is 1. The Morgan fingerprint density at radius 1 is 1.53 bits per heavy atom. The Morgan fingerprint density at radius 3 is 2.88 bits per heavy atom. The van der Waals surface area contributed by atoms with E-state index in [0.29, 0.717) is 17.3 Å². The number of hydrogen-bond donors (Lipinski definition) is 2. The van der Waals surface area contributed by atoms with Crippen LogP contribution in [0.5, 0.6) is 0 Å². The number of nitrogens with one attached hydrogen (secondary N) is 2. The Balaban J connectivity index is 1.98. The molecule has 2 N–H and O–H groups in total. The summed E-state index contributed by atoms with van der Waals surface area (Å²) < 4.78 is 0. The lowest BCUT2D eigenvalue weighted by molar-refractivity contribution is 0.0909. The second-order valence-electron chi connectivity index (χ2n) is 4.63. The summed E-state index contributed by atoms with van der Waals surface area (Å²) in [4.78, 5) is 16.1. The number of aromatic nitrogens is 1. The van der Waals surface area contributed by atoms with E-state index < -0.39 is 0 Å². The van der Waals surface area contributed by atoms with Gasteiger partial charge in [0, 0.05) is 24.8 Å². The molecule has 0 spiro atoms. The van der Waals surface area contributed by atoms with Crippen LogP contribution in [0.2, 0.25) is 0 Å². The number of carbonyl (C=O) groups is 1. The summed E-state index contributed by atoms with van der Waals surface area (Å²) in [5.41, 5.74) is 0.663. The molecule has 1 amide bonds. The van der Waals surface area contributed by atoms with Crippen LogP contribution < -0.4 is 10.6 Å². The van der Waals surface area contributed by atoms with Crippen LogP contribution in [0.4, 0.5) is 5.82 Å². The molecule has 1 saturated carbocycles. The highest BCUT2D eigenvalue weighted by atomic mass is 16.1. The molecular weight excluding hydrogens is 214 g/mol. The van der Waals surface area contributed by atoms with Crippen LogP contribution in [0.15, 0.2) is 18.3 Å². The molecule has 0 aliphatic heterocycles. The lowest BCUT2D eigenvalue weighted by atomic mass is 9.80. The van der Waals surface area contributed by atoms with Crippen molar-refractivity contribution in [1.29, 1.82) is 0 Å². The third kappa shape index (κ3) is 2.75. The fourth-order valence-electron chi connectivity index (χ4n) is 2.06. The minimum atomic E-state index is -0.0108. The summed E-state index contributed by atoms with van der Waals surface area (Å²) in [6, 6.07) is 3.77. The molecule has 0 aromatic carbocycles. The predicted octanol–water partition coefficient (Wildman–Crippen LogP) is 2.04. The van der Waals surface area contributed by atoms with Crippen molar-refractivity contribution >= 4 is 11.7 Å². The molecule has 17 heavy (non-hydrogen) atoms. The third-order valence-corrected chi connectivity index (χ3v) is 3.49. The highest BCUT2D eigenvalue weighted by Crippen LogP contribution is 2.29. The molecular formula is C13H19N3O. The van der Waals surface area contributed by atoms with Crippen LogP contribution in [-0.4, -0.2) is 24.0 Å². The van der Waals surface area contributed by atoms with E-state index >= 15 is 0 Å². The minimum absolute atomic E-state index is 0.0108. The number of amides is 1. The van der Waals surface area contributed by atoms with Crippen molar-refractivity contribution in [2.45, 2.75) is 32.2 Å². The molecule has 4 heteroatoms. The zero-order valence-corrected chi connectivity index (χ0v) is 10.4. The predicted molar refractivity (Wildman–Crippen MR) is 68.1 cm³/mol. The molecule has 1 atom stereocenters. The first kappa shape index (κ1) is 11.9. The topological polar surface area (TPSA) is 54.0 Å². The van der Waals surface area contributed by atoms with Gasteiger partial charge >= 0.3 is 0 Å². The van der Waals surface area contributed by atoms with Gasteiger partial charge in [0.2, 0.25) is 0 Å². The second kappa shape index (κ2) is 5.17. The molecule has 1 fully saturated rings. The van der Waals surface area contributed by atoms with Crippen LogP contribution in [0.3, 0.4) is 0 Å². The quantitative estimate of drug-likeness (QED) is 0.836. The smallest absolute Gasteiger partial charge is 0.251 e. The average Bonchev–Trinajstić information content (AvgIpc) is 2.26. The van der Waals surface area contributed by atoms with Gasteiger partial charge < -0.3 is 10.6 Å². The van der Waals surface area contributed by atoms with E-state index in [1.54, 1.807) is 25.4 Å². The molecule has 1 aromatic heterocycles. The molecule has 4 nitrogen and oxygen atoms in total. The van der Waals surface area contributed by atoms with Gasteiger partial charge in [-0.2, -0.15) is 0 Å². The van der Waals surface area contributed by atoms with Gasteiger partial charge in [-0.25, -0.2) is 4.98 Å². The maximum atomic E-state index is 12.0. The fraction of sp³-hybridized carbons (Fsp3) is 0.538. The highest BCUT2D eigenvalue weighted by Gasteiger charge is 2.25. The normalized spacial score (nSPS) is 17.1. The molecule has 1 aliphatic carbocycles. The first-order valence-corrected chi connectivity index (χ1v) is 6.15. The summed E-state index contributed by atoms with van der Waals surface area (Å²) >= 11 is 0. The molecule has 2 rings (SSSR count). The van der Waals surface area contributed by atoms with Gasteiger partial charge in [0.25, 0.3) is 5.91 Å². The van der Waals surface area contributed by atoms with E-state index in [0.717, 1.165) is 0 Å². The van der Waals surface area contributed by atoms with Crippen molar-refractivity contribution in [2.24, 2.45) is 5.92 Å². The van der Waals surface area contributed by atoms with Crippen molar-refractivity contribution < 1.29 is 4.79 Å². The third-order valence-electron chi connectivity index (χ3n) is 3.49. The Bertz CT molecular complexity index is 401. The van der Waals surface area contributed by atoms with Gasteiger partial charge in [0.05, 0.1) is 0 Å². The van der Waals surface area contributed by atoms with E-state index in [-0.39, 0.29) is 11.9 Å². The maximum absolute atomic E-state index is 12.0. The second-order valence-corrected chi connectivity index (χ2v) is 4.63. The van der Waals surface area contributed by atoms with Crippen molar-refractivity contribution in [2.75, 3.05) is 12.4 Å². The standard InChI is InChI=1S/C13H19N3O/c1-9(10-4-3-5-10)16-13(17)11-6-7-15-12(8-11)14-2/h6-10H,3-5H2,1-2H3,(H,14,15)(H,16,17). The van der Waals surface area contributed by atoms with Crippen LogP contribution in [0, 0.1) is 5.92 Å². The summed E-state index contributed by atoms with van der Waals surface area (Å²) in [5.74, 6) is 1.36. The maximum Gasteiger partial charge on any atom is 0.251 e. The van der Waals surface area contributed by atoms with Crippen LogP contribution in [0.25, 0.3) is 0 Å². The number of nitrogens with zero attached hydrogens (tertiary/aromatic N) is 1. The van der Waals surface area contributed by atoms with Gasteiger partial charge in [-0.1, -0.05) is 6.42 Å². The van der Waals surface area contributed by atoms with E-state index in [1.807, 2.05) is 0 Å². The fourth-order valence-corrected chi connectivity index (χ4v) is 2.06. The van der Waals surface area contributed by atoms with Crippen molar-refractivity contribution in [3.63, 3.8) is 0 Å². The first-order valence-electron chi connectivity index (χ1n) is 6.15. The summed E-state index contributed by atoms with van der Waals surface area (Å²) in [7, 11) is 1.79. The molecule has 1 aliphatic rings. The molecule has 0 radical (unpaired) electrons. The lowest BCUT2D eigenvalue weighted by Gasteiger charge is -2.31. The highest BCUT2D eigenvalue weighted by molar-refractivity contribution is 5.94. The SMILES string of the molecule is CNc1cc(C(=O)NC(C)C2CCC2)ccn1. The minimum Gasteiger partial charge on any atom is -0.373 e. The van der Waals surface area contributed by atoms with Crippen LogP contribution in [0.1, 0.15) is 36.5 Å². The van der Waals surface area contributed by atoms with Crippen molar-refractivity contribution in [3.05, 3.63) is 23.9 Å². The van der Waals surface area contributed by atoms with Gasteiger partial charge in [-0.3, -0.25) is 4.79 Å². The molecule has 1 aromatic rings. The summed E-state index contributed by atoms with van der Waals surface area (Å²) in [5, 5.41) is 5.98. The van der Waals surface area contributed by atoms with Gasteiger partial charge in [-0.05, 0) is 37.8 Å². The van der Waals surface area contributed by atoms with Crippen LogP contribution >= 0.6 is 0 Å². The number of carbonyl (C=O) groups excluding carboxylic acids is 1. The van der Waals surface area contributed by atoms with E-state index in [1.165, 1.54) is 19.3 Å². The van der Waals surface area contributed by atoms with Crippen molar-refractivity contribution in [1.82, 2.24) is 10.3 Å². The van der Waals surface area contributed by atoms with E-state index in [9.17, 15) is 4.79 Å². The lowest BCUT2D eigenvalue weighted by Crippen LogP contribution is -2.40. The van der Waals surface area contributed by atoms with Crippen molar-refractivity contribution in [3.8, 4) is 0 Å².